The van der Waals surface area contributed by atoms with Crippen LogP contribution in [0.15, 0.2) is 0 Å². The molecule has 0 aliphatic carbocycles. The number of hydrogen-bond donors (Lipinski definition) is 0. The van der Waals surface area contributed by atoms with Crippen LogP contribution in [0.1, 0.15) is 26.7 Å². The molecular weight excluding hydrogens is 196 g/mol. The summed E-state index contributed by atoms with van der Waals surface area (Å²) in [5.41, 5.74) is 0. The molecule has 0 heterocycles. The van der Waals surface area contributed by atoms with Gasteiger partial charge in [-0.15, -0.1) is 0 Å². The largest absolute Gasteiger partial charge is 0.382 e. The molecule has 4 heteroatoms. The summed E-state index contributed by atoms with van der Waals surface area (Å²) >= 11 is 0. The maximum absolute atomic E-state index is 5.24. The van der Waals surface area contributed by atoms with E-state index < -0.39 is 0 Å². The highest BCUT2D eigenvalue weighted by Gasteiger charge is 1.91. The summed E-state index contributed by atoms with van der Waals surface area (Å²) < 4.78 is 20.8. The Hall–Kier alpha value is -0.160. The summed E-state index contributed by atoms with van der Waals surface area (Å²) in [5.74, 6) is 0. The molecule has 0 amide bonds. The average Bonchev–Trinajstić information content (AvgIpc) is 2.26. The van der Waals surface area contributed by atoms with Crippen molar-refractivity contribution in [3.05, 3.63) is 0 Å². The van der Waals surface area contributed by atoms with E-state index in [1.807, 2.05) is 13.8 Å². The molecule has 0 saturated carbocycles. The molecule has 0 aliphatic heterocycles. The second kappa shape index (κ2) is 13.8. The van der Waals surface area contributed by atoms with Gasteiger partial charge in [-0.25, -0.2) is 0 Å². The third kappa shape index (κ3) is 13.8. The van der Waals surface area contributed by atoms with Crippen LogP contribution in [0.4, 0.5) is 0 Å². The van der Waals surface area contributed by atoms with Crippen molar-refractivity contribution in [3.8, 4) is 0 Å². The van der Waals surface area contributed by atoms with Gasteiger partial charge < -0.3 is 18.9 Å². The van der Waals surface area contributed by atoms with E-state index in [1.165, 1.54) is 0 Å². The van der Waals surface area contributed by atoms with E-state index in [4.69, 9.17) is 18.9 Å². The van der Waals surface area contributed by atoms with E-state index in [9.17, 15) is 0 Å². The summed E-state index contributed by atoms with van der Waals surface area (Å²) in [5, 5.41) is 0. The summed E-state index contributed by atoms with van der Waals surface area (Å²) in [7, 11) is 0. The smallest absolute Gasteiger partial charge is 0.146 e. The van der Waals surface area contributed by atoms with Crippen LogP contribution in [0, 0.1) is 0 Å². The molecule has 0 unspecified atom stereocenters. The molecule has 92 valence electrons. The average molecular weight is 220 g/mol. The van der Waals surface area contributed by atoms with Crippen molar-refractivity contribution in [2.45, 2.75) is 26.7 Å². The summed E-state index contributed by atoms with van der Waals surface area (Å²) in [4.78, 5) is 0. The molecule has 0 aromatic carbocycles. The van der Waals surface area contributed by atoms with E-state index in [-0.39, 0.29) is 0 Å². The summed E-state index contributed by atoms with van der Waals surface area (Å²) in [6.07, 6.45) is 1.85. The van der Waals surface area contributed by atoms with E-state index in [0.717, 1.165) is 39.3 Å². The quantitative estimate of drug-likeness (QED) is 0.371. The van der Waals surface area contributed by atoms with Crippen molar-refractivity contribution in [3.63, 3.8) is 0 Å². The van der Waals surface area contributed by atoms with Crippen LogP contribution < -0.4 is 0 Å². The Morgan fingerprint density at radius 3 is 1.40 bits per heavy atom. The van der Waals surface area contributed by atoms with Gasteiger partial charge in [0.05, 0.1) is 13.2 Å². The number of ether oxygens (including phenoxy) is 4. The van der Waals surface area contributed by atoms with Gasteiger partial charge in [-0.3, -0.25) is 0 Å². The van der Waals surface area contributed by atoms with E-state index >= 15 is 0 Å². The molecule has 4 nitrogen and oxygen atoms in total. The van der Waals surface area contributed by atoms with E-state index in [1.54, 1.807) is 0 Å². The third-order valence-corrected chi connectivity index (χ3v) is 1.73. The minimum Gasteiger partial charge on any atom is -0.382 e. The molecule has 0 spiro atoms. The first-order valence-corrected chi connectivity index (χ1v) is 5.72. The first-order valence-electron chi connectivity index (χ1n) is 5.72. The lowest BCUT2D eigenvalue weighted by atomic mass is 10.5. The Morgan fingerprint density at radius 2 is 1.00 bits per heavy atom. The highest BCUT2D eigenvalue weighted by atomic mass is 16.7. The molecule has 0 aromatic heterocycles. The summed E-state index contributed by atoms with van der Waals surface area (Å²) in [6.45, 7) is 8.82. The lowest BCUT2D eigenvalue weighted by Gasteiger charge is -2.05. The molecule has 0 aliphatic rings. The predicted molar refractivity (Wildman–Crippen MR) is 59.0 cm³/mol. The highest BCUT2D eigenvalue weighted by molar-refractivity contribution is 4.34. The predicted octanol–water partition coefficient (Wildman–Crippen LogP) is 1.83. The van der Waals surface area contributed by atoms with Crippen LogP contribution in [0.25, 0.3) is 0 Å². The van der Waals surface area contributed by atoms with Gasteiger partial charge in [0.15, 0.2) is 0 Å². The van der Waals surface area contributed by atoms with Gasteiger partial charge >= 0.3 is 0 Å². The minimum atomic E-state index is 0.373. The van der Waals surface area contributed by atoms with Crippen LogP contribution in [0.5, 0.6) is 0 Å². The zero-order chi connectivity index (χ0) is 11.2. The van der Waals surface area contributed by atoms with Gasteiger partial charge in [-0.1, -0.05) is 0 Å². The topological polar surface area (TPSA) is 36.9 Å². The molecule has 0 saturated heterocycles. The SMILES string of the molecule is CCOCCCOCOCCCOCC. The maximum atomic E-state index is 5.24. The van der Waals surface area contributed by atoms with Gasteiger partial charge in [-0.05, 0) is 26.7 Å². The molecule has 0 aromatic rings. The number of hydrogen-bond acceptors (Lipinski definition) is 4. The lowest BCUT2D eigenvalue weighted by Crippen LogP contribution is -2.06. The number of rotatable bonds is 12. The maximum Gasteiger partial charge on any atom is 0.146 e. The summed E-state index contributed by atoms with van der Waals surface area (Å²) in [6, 6.07) is 0. The van der Waals surface area contributed by atoms with Crippen molar-refractivity contribution in [2.24, 2.45) is 0 Å². The fourth-order valence-corrected chi connectivity index (χ4v) is 0.992. The fraction of sp³-hybridized carbons (Fsp3) is 1.00. The first-order chi connectivity index (χ1) is 7.41. The van der Waals surface area contributed by atoms with Gasteiger partial charge in [0.25, 0.3) is 0 Å². The standard InChI is InChI=1S/C11H24O4/c1-3-12-7-5-9-14-11-15-10-6-8-13-4-2/h3-11H2,1-2H3. The highest BCUT2D eigenvalue weighted by Crippen LogP contribution is 1.88. The van der Waals surface area contributed by atoms with Crippen LogP contribution >= 0.6 is 0 Å². The van der Waals surface area contributed by atoms with Gasteiger partial charge in [0.1, 0.15) is 6.79 Å². The normalized spacial score (nSPS) is 10.8. The van der Waals surface area contributed by atoms with Crippen LogP contribution in [0.3, 0.4) is 0 Å². The Kier molecular flexibility index (Phi) is 13.7. The van der Waals surface area contributed by atoms with Crippen molar-refractivity contribution < 1.29 is 18.9 Å². The van der Waals surface area contributed by atoms with Crippen molar-refractivity contribution >= 4 is 0 Å². The minimum absolute atomic E-state index is 0.373. The molecule has 0 bridgehead atoms. The monoisotopic (exact) mass is 220 g/mol. The Balaban J connectivity index is 2.81. The van der Waals surface area contributed by atoms with Crippen molar-refractivity contribution in [1.29, 1.82) is 0 Å². The van der Waals surface area contributed by atoms with Gasteiger partial charge in [0.2, 0.25) is 0 Å². The zero-order valence-electron chi connectivity index (χ0n) is 10.00. The Morgan fingerprint density at radius 1 is 0.600 bits per heavy atom. The molecule has 0 fully saturated rings. The Bertz CT molecular complexity index is 96.8. The van der Waals surface area contributed by atoms with Gasteiger partial charge in [0, 0.05) is 26.4 Å². The molecular formula is C11H24O4. The van der Waals surface area contributed by atoms with Crippen molar-refractivity contribution in [2.75, 3.05) is 46.4 Å². The van der Waals surface area contributed by atoms with E-state index in [0.29, 0.717) is 20.0 Å². The van der Waals surface area contributed by atoms with Crippen LogP contribution in [-0.2, 0) is 18.9 Å². The third-order valence-electron chi connectivity index (χ3n) is 1.73. The first kappa shape index (κ1) is 14.8. The Labute approximate surface area is 92.8 Å². The van der Waals surface area contributed by atoms with Crippen molar-refractivity contribution in [1.82, 2.24) is 0 Å². The molecule has 0 radical (unpaired) electrons. The molecule has 15 heavy (non-hydrogen) atoms. The molecule has 0 N–H and O–H groups in total. The van der Waals surface area contributed by atoms with Crippen LogP contribution in [-0.4, -0.2) is 46.4 Å². The van der Waals surface area contributed by atoms with Crippen LogP contribution in [0.2, 0.25) is 0 Å². The zero-order valence-corrected chi connectivity index (χ0v) is 10.00. The van der Waals surface area contributed by atoms with E-state index in [2.05, 4.69) is 0 Å². The fourth-order valence-electron chi connectivity index (χ4n) is 0.992. The molecule has 0 atom stereocenters. The molecule has 0 rings (SSSR count). The second-order valence-corrected chi connectivity index (χ2v) is 3.04. The second-order valence-electron chi connectivity index (χ2n) is 3.04. The van der Waals surface area contributed by atoms with Gasteiger partial charge in [-0.2, -0.15) is 0 Å². The lowest BCUT2D eigenvalue weighted by molar-refractivity contribution is -0.0621.